The molecule has 0 saturated carbocycles. The number of aryl methyl sites for hydroxylation is 1. The Morgan fingerprint density at radius 3 is 2.38 bits per heavy atom. The summed E-state index contributed by atoms with van der Waals surface area (Å²) in [5.41, 5.74) is 3.63. The molecular formula is C21H15N3O2. The van der Waals surface area contributed by atoms with Gasteiger partial charge in [0.1, 0.15) is 0 Å². The Balaban J connectivity index is 1.51. The van der Waals surface area contributed by atoms with Crippen LogP contribution in [0.4, 0.5) is 5.69 Å². The number of nitrogens with zero attached hydrogens (tertiary/aromatic N) is 2. The lowest BCUT2D eigenvalue weighted by atomic mass is 10.0. The molecule has 2 heterocycles. The molecule has 0 spiro atoms. The molecule has 26 heavy (non-hydrogen) atoms. The SMILES string of the molecule is O=C1CCc2ccc(-c3nnc(-c4ccc5ccccc5c4)o3)cc2N1. The number of amides is 1. The van der Waals surface area contributed by atoms with Crippen molar-refractivity contribution in [3.8, 4) is 22.9 Å². The van der Waals surface area contributed by atoms with E-state index in [1.807, 2.05) is 48.5 Å². The van der Waals surface area contributed by atoms with Gasteiger partial charge in [0.05, 0.1) is 0 Å². The highest BCUT2D eigenvalue weighted by molar-refractivity contribution is 5.94. The van der Waals surface area contributed by atoms with Crippen LogP contribution in [0.15, 0.2) is 65.1 Å². The van der Waals surface area contributed by atoms with Crippen molar-refractivity contribution in [2.24, 2.45) is 0 Å². The van der Waals surface area contributed by atoms with E-state index >= 15 is 0 Å². The fraction of sp³-hybridized carbons (Fsp3) is 0.0952. The molecule has 3 aromatic carbocycles. The molecule has 1 aromatic heterocycles. The average Bonchev–Trinajstić information content (AvgIpc) is 3.17. The lowest BCUT2D eigenvalue weighted by molar-refractivity contribution is -0.116. The molecular weight excluding hydrogens is 326 g/mol. The zero-order chi connectivity index (χ0) is 17.5. The Kier molecular flexibility index (Phi) is 3.31. The quantitative estimate of drug-likeness (QED) is 0.585. The highest BCUT2D eigenvalue weighted by atomic mass is 16.4. The van der Waals surface area contributed by atoms with Gasteiger partial charge in [-0.1, -0.05) is 36.4 Å². The number of fused-ring (bicyclic) bond motifs is 2. The molecule has 1 aliphatic heterocycles. The van der Waals surface area contributed by atoms with Crippen LogP contribution in [-0.2, 0) is 11.2 Å². The first kappa shape index (κ1) is 14.8. The second-order valence-corrected chi connectivity index (χ2v) is 6.39. The van der Waals surface area contributed by atoms with Crippen molar-refractivity contribution in [1.29, 1.82) is 0 Å². The molecule has 5 nitrogen and oxygen atoms in total. The third kappa shape index (κ3) is 2.54. The van der Waals surface area contributed by atoms with Crippen molar-refractivity contribution in [1.82, 2.24) is 10.2 Å². The number of aromatic nitrogens is 2. The molecule has 0 atom stereocenters. The lowest BCUT2D eigenvalue weighted by Gasteiger charge is -2.16. The molecule has 0 saturated heterocycles. The molecule has 5 rings (SSSR count). The van der Waals surface area contributed by atoms with Gasteiger partial charge in [-0.2, -0.15) is 0 Å². The van der Waals surface area contributed by atoms with E-state index in [4.69, 9.17) is 4.42 Å². The van der Waals surface area contributed by atoms with Crippen LogP contribution >= 0.6 is 0 Å². The van der Waals surface area contributed by atoms with E-state index < -0.39 is 0 Å². The number of carbonyl (C=O) groups is 1. The molecule has 0 bridgehead atoms. The van der Waals surface area contributed by atoms with Gasteiger partial charge in [-0.25, -0.2) is 0 Å². The Bertz CT molecular complexity index is 1150. The van der Waals surface area contributed by atoms with Gasteiger partial charge in [-0.05, 0) is 47.0 Å². The van der Waals surface area contributed by atoms with Gasteiger partial charge in [-0.3, -0.25) is 4.79 Å². The normalized spacial score (nSPS) is 13.5. The zero-order valence-electron chi connectivity index (χ0n) is 13.9. The molecule has 4 aromatic rings. The van der Waals surface area contributed by atoms with E-state index in [9.17, 15) is 4.79 Å². The summed E-state index contributed by atoms with van der Waals surface area (Å²) in [5, 5.41) is 13.6. The second kappa shape index (κ2) is 5.81. The molecule has 0 fully saturated rings. The van der Waals surface area contributed by atoms with Crippen molar-refractivity contribution in [2.75, 3.05) is 5.32 Å². The summed E-state index contributed by atoms with van der Waals surface area (Å²) in [7, 11) is 0. The van der Waals surface area contributed by atoms with Crippen LogP contribution in [0, 0.1) is 0 Å². The van der Waals surface area contributed by atoms with E-state index in [0.717, 1.165) is 34.2 Å². The van der Waals surface area contributed by atoms with E-state index in [1.165, 1.54) is 5.39 Å². The van der Waals surface area contributed by atoms with E-state index in [1.54, 1.807) is 0 Å². The third-order valence-electron chi connectivity index (χ3n) is 4.67. The van der Waals surface area contributed by atoms with Crippen LogP contribution in [0.5, 0.6) is 0 Å². The number of hydrogen-bond donors (Lipinski definition) is 1. The third-order valence-corrected chi connectivity index (χ3v) is 4.67. The van der Waals surface area contributed by atoms with Crippen molar-refractivity contribution in [2.45, 2.75) is 12.8 Å². The maximum atomic E-state index is 11.6. The van der Waals surface area contributed by atoms with E-state index in [2.05, 4.69) is 27.6 Å². The predicted octanol–water partition coefficient (Wildman–Crippen LogP) is 4.44. The Morgan fingerprint density at radius 1 is 0.808 bits per heavy atom. The zero-order valence-corrected chi connectivity index (χ0v) is 13.9. The maximum absolute atomic E-state index is 11.6. The standard InChI is InChI=1S/C21H15N3O2/c25-19-10-9-14-6-8-17(12-18(14)22-19)21-24-23-20(26-21)16-7-5-13-3-1-2-4-15(13)11-16/h1-8,11-12H,9-10H2,(H,22,25). The summed E-state index contributed by atoms with van der Waals surface area (Å²) in [5.74, 6) is 0.959. The summed E-state index contributed by atoms with van der Waals surface area (Å²) in [6, 6.07) is 20.1. The van der Waals surface area contributed by atoms with Crippen molar-refractivity contribution in [3.63, 3.8) is 0 Å². The van der Waals surface area contributed by atoms with Crippen LogP contribution in [0.25, 0.3) is 33.7 Å². The number of benzene rings is 3. The maximum Gasteiger partial charge on any atom is 0.248 e. The number of hydrogen-bond acceptors (Lipinski definition) is 4. The topological polar surface area (TPSA) is 68.0 Å². The largest absolute Gasteiger partial charge is 0.416 e. The molecule has 0 unspecified atom stereocenters. The summed E-state index contributed by atoms with van der Waals surface area (Å²) < 4.78 is 5.89. The minimum absolute atomic E-state index is 0.0389. The molecule has 126 valence electrons. The first-order valence-electron chi connectivity index (χ1n) is 8.52. The molecule has 1 amide bonds. The van der Waals surface area contributed by atoms with Crippen LogP contribution in [-0.4, -0.2) is 16.1 Å². The monoisotopic (exact) mass is 341 g/mol. The summed E-state index contributed by atoms with van der Waals surface area (Å²) in [6.45, 7) is 0. The van der Waals surface area contributed by atoms with Crippen molar-refractivity contribution >= 4 is 22.4 Å². The van der Waals surface area contributed by atoms with Crippen LogP contribution in [0.1, 0.15) is 12.0 Å². The predicted molar refractivity (Wildman–Crippen MR) is 99.6 cm³/mol. The van der Waals surface area contributed by atoms with Crippen LogP contribution in [0.3, 0.4) is 0 Å². The van der Waals surface area contributed by atoms with Gasteiger partial charge in [-0.15, -0.1) is 10.2 Å². The smallest absolute Gasteiger partial charge is 0.248 e. The van der Waals surface area contributed by atoms with Crippen LogP contribution in [0.2, 0.25) is 0 Å². The van der Waals surface area contributed by atoms with Gasteiger partial charge >= 0.3 is 0 Å². The minimum atomic E-state index is 0.0389. The Labute approximate surface area is 149 Å². The minimum Gasteiger partial charge on any atom is -0.416 e. The first-order valence-corrected chi connectivity index (χ1v) is 8.52. The molecule has 5 heteroatoms. The second-order valence-electron chi connectivity index (χ2n) is 6.39. The number of anilines is 1. The number of nitrogens with one attached hydrogen (secondary N) is 1. The molecule has 0 radical (unpaired) electrons. The van der Waals surface area contributed by atoms with Gasteiger partial charge in [0.15, 0.2) is 0 Å². The number of rotatable bonds is 2. The van der Waals surface area contributed by atoms with Crippen LogP contribution < -0.4 is 5.32 Å². The van der Waals surface area contributed by atoms with E-state index in [-0.39, 0.29) is 5.91 Å². The van der Waals surface area contributed by atoms with Gasteiger partial charge in [0.2, 0.25) is 17.7 Å². The highest BCUT2D eigenvalue weighted by Gasteiger charge is 2.17. The molecule has 0 aliphatic carbocycles. The van der Waals surface area contributed by atoms with Gasteiger partial charge < -0.3 is 9.73 Å². The highest BCUT2D eigenvalue weighted by Crippen LogP contribution is 2.30. The van der Waals surface area contributed by atoms with Gasteiger partial charge in [0, 0.05) is 23.2 Å². The fourth-order valence-electron chi connectivity index (χ4n) is 3.28. The van der Waals surface area contributed by atoms with Gasteiger partial charge in [0.25, 0.3) is 0 Å². The van der Waals surface area contributed by atoms with Crippen molar-refractivity contribution in [3.05, 3.63) is 66.2 Å². The summed E-state index contributed by atoms with van der Waals surface area (Å²) >= 11 is 0. The molecule has 1 N–H and O–H groups in total. The van der Waals surface area contributed by atoms with E-state index in [0.29, 0.717) is 18.2 Å². The molecule has 1 aliphatic rings. The fourth-order valence-corrected chi connectivity index (χ4v) is 3.28. The lowest BCUT2D eigenvalue weighted by Crippen LogP contribution is -2.18. The summed E-state index contributed by atoms with van der Waals surface area (Å²) in [6.07, 6.45) is 1.28. The first-order chi connectivity index (χ1) is 12.8. The Morgan fingerprint density at radius 2 is 1.54 bits per heavy atom. The van der Waals surface area contributed by atoms with Crippen molar-refractivity contribution < 1.29 is 9.21 Å². The summed E-state index contributed by atoms with van der Waals surface area (Å²) in [4.78, 5) is 11.6. The Hall–Kier alpha value is -3.47. The average molecular weight is 341 g/mol. The number of carbonyl (C=O) groups excluding carboxylic acids is 1.